The van der Waals surface area contributed by atoms with Crippen LogP contribution in [0.25, 0.3) is 0 Å². The number of rotatable bonds is 10. The van der Waals surface area contributed by atoms with Gasteiger partial charge in [0, 0.05) is 20.1 Å². The lowest BCUT2D eigenvalue weighted by molar-refractivity contribution is -0.384. The number of hydrogen-bond acceptors (Lipinski definition) is 8. The summed E-state index contributed by atoms with van der Waals surface area (Å²) < 4.78 is 15.1. The number of azo groups is 1. The zero-order valence-corrected chi connectivity index (χ0v) is 13.9. The number of hydrogen-bond donors (Lipinski definition) is 0. The van der Waals surface area contributed by atoms with Gasteiger partial charge < -0.3 is 14.2 Å². The number of nitro groups is 1. The average Bonchev–Trinajstić information content (AvgIpc) is 2.57. The summed E-state index contributed by atoms with van der Waals surface area (Å²) in [6, 6.07) is 3.42. The maximum absolute atomic E-state index is 11.5. The Morgan fingerprint density at radius 3 is 2.75 bits per heavy atom. The molecule has 0 aliphatic heterocycles. The molecule has 0 saturated carbocycles. The first-order valence-electron chi connectivity index (χ1n) is 7.47. The zero-order chi connectivity index (χ0) is 17.9. The highest BCUT2D eigenvalue weighted by atomic mass is 16.6. The van der Waals surface area contributed by atoms with E-state index < -0.39 is 16.9 Å². The molecule has 1 rings (SSSR count). The number of esters is 1. The van der Waals surface area contributed by atoms with Gasteiger partial charge in [0.25, 0.3) is 5.69 Å². The maximum Gasteiger partial charge on any atom is 0.332 e. The molecule has 0 N–H and O–H groups in total. The smallest absolute Gasteiger partial charge is 0.332 e. The first kappa shape index (κ1) is 19.5. The summed E-state index contributed by atoms with van der Waals surface area (Å²) in [7, 11) is 1.59. The highest BCUT2D eigenvalue weighted by Gasteiger charge is 2.17. The van der Waals surface area contributed by atoms with Gasteiger partial charge in [0.05, 0.1) is 24.2 Å². The van der Waals surface area contributed by atoms with Crippen molar-refractivity contribution in [1.82, 2.24) is 0 Å². The third kappa shape index (κ3) is 6.29. The highest BCUT2D eigenvalue weighted by molar-refractivity contribution is 5.75. The van der Waals surface area contributed by atoms with E-state index in [0.717, 1.165) is 0 Å². The van der Waals surface area contributed by atoms with Crippen molar-refractivity contribution in [2.75, 3.05) is 26.9 Å². The first-order chi connectivity index (χ1) is 11.5. The second-order valence-electron chi connectivity index (χ2n) is 4.75. The van der Waals surface area contributed by atoms with Crippen LogP contribution in [-0.4, -0.2) is 43.9 Å². The monoisotopic (exact) mass is 339 g/mol. The lowest BCUT2D eigenvalue weighted by atomic mass is 10.2. The Bertz CT molecular complexity index is 591. The van der Waals surface area contributed by atoms with Crippen molar-refractivity contribution in [2.45, 2.75) is 26.3 Å². The largest absolute Gasteiger partial charge is 0.493 e. The predicted molar refractivity (Wildman–Crippen MR) is 85.7 cm³/mol. The van der Waals surface area contributed by atoms with E-state index in [1.165, 1.54) is 19.1 Å². The fraction of sp³-hybridized carbons (Fsp3) is 0.533. The van der Waals surface area contributed by atoms with E-state index in [-0.39, 0.29) is 18.0 Å². The number of nitrogens with zero attached hydrogens (tertiary/aromatic N) is 3. The standard InChI is InChI=1S/C15H21N3O6/c1-4-23-15(19)11(2)16-17-13-7-6-12(10-14(13)18(20)21)24-9-5-8-22-3/h6-7,10-11H,4-5,8-9H2,1-3H3. The maximum atomic E-state index is 11.5. The molecule has 0 spiro atoms. The van der Waals surface area contributed by atoms with E-state index in [4.69, 9.17) is 14.2 Å². The Balaban J connectivity index is 2.83. The van der Waals surface area contributed by atoms with Gasteiger partial charge in [-0.1, -0.05) is 0 Å². The molecule has 0 aliphatic rings. The van der Waals surface area contributed by atoms with Crippen LogP contribution in [0.3, 0.4) is 0 Å². The average molecular weight is 339 g/mol. The third-order valence-electron chi connectivity index (χ3n) is 2.87. The van der Waals surface area contributed by atoms with Gasteiger partial charge in [0.15, 0.2) is 11.7 Å². The van der Waals surface area contributed by atoms with Crippen LogP contribution in [0.5, 0.6) is 5.75 Å². The quantitative estimate of drug-likeness (QED) is 0.213. The van der Waals surface area contributed by atoms with Crippen LogP contribution in [0, 0.1) is 10.1 Å². The van der Waals surface area contributed by atoms with Crippen molar-refractivity contribution in [3.8, 4) is 5.75 Å². The number of ether oxygens (including phenoxy) is 3. The Morgan fingerprint density at radius 2 is 2.12 bits per heavy atom. The second-order valence-corrected chi connectivity index (χ2v) is 4.75. The first-order valence-corrected chi connectivity index (χ1v) is 7.47. The van der Waals surface area contributed by atoms with Crippen LogP contribution in [0.4, 0.5) is 11.4 Å². The lowest BCUT2D eigenvalue weighted by Gasteiger charge is -2.07. The van der Waals surface area contributed by atoms with Gasteiger partial charge in [-0.15, -0.1) is 5.11 Å². The lowest BCUT2D eigenvalue weighted by Crippen LogP contribution is -2.17. The number of carbonyl (C=O) groups is 1. The molecule has 132 valence electrons. The van der Waals surface area contributed by atoms with E-state index in [2.05, 4.69) is 10.2 Å². The van der Waals surface area contributed by atoms with Crippen LogP contribution in [0.2, 0.25) is 0 Å². The molecule has 0 aliphatic carbocycles. The Morgan fingerprint density at radius 1 is 1.38 bits per heavy atom. The van der Waals surface area contributed by atoms with Gasteiger partial charge in [-0.2, -0.15) is 5.11 Å². The normalized spacial score (nSPS) is 12.1. The van der Waals surface area contributed by atoms with Crippen molar-refractivity contribution in [3.05, 3.63) is 28.3 Å². The Kier molecular flexibility index (Phi) is 8.34. The molecule has 1 atom stereocenters. The predicted octanol–water partition coefficient (Wildman–Crippen LogP) is 3.05. The molecule has 0 fully saturated rings. The SMILES string of the molecule is CCOC(=O)C(C)N=Nc1ccc(OCCCOC)cc1[N+](=O)[O-]. The Hall–Kier alpha value is -2.55. The Labute approximate surface area is 139 Å². The van der Waals surface area contributed by atoms with Crippen LogP contribution in [0.15, 0.2) is 28.4 Å². The fourth-order valence-corrected chi connectivity index (χ4v) is 1.68. The van der Waals surface area contributed by atoms with E-state index in [1.807, 2.05) is 0 Å². The van der Waals surface area contributed by atoms with Crippen molar-refractivity contribution < 1.29 is 23.9 Å². The van der Waals surface area contributed by atoms with Crippen molar-refractivity contribution in [3.63, 3.8) is 0 Å². The molecular formula is C15H21N3O6. The highest BCUT2D eigenvalue weighted by Crippen LogP contribution is 2.31. The topological polar surface area (TPSA) is 113 Å². The van der Waals surface area contributed by atoms with Crippen molar-refractivity contribution >= 4 is 17.3 Å². The molecule has 1 aromatic rings. The van der Waals surface area contributed by atoms with Crippen molar-refractivity contribution in [1.29, 1.82) is 0 Å². The number of nitro benzene ring substituents is 1. The molecule has 0 saturated heterocycles. The van der Waals surface area contributed by atoms with Gasteiger partial charge in [-0.05, 0) is 26.0 Å². The van der Waals surface area contributed by atoms with E-state index >= 15 is 0 Å². The van der Waals surface area contributed by atoms with Gasteiger partial charge in [-0.3, -0.25) is 10.1 Å². The fourth-order valence-electron chi connectivity index (χ4n) is 1.68. The molecular weight excluding hydrogens is 318 g/mol. The molecule has 0 amide bonds. The molecule has 0 bridgehead atoms. The molecule has 0 aromatic heterocycles. The number of methoxy groups -OCH3 is 1. The van der Waals surface area contributed by atoms with Gasteiger partial charge in [0.1, 0.15) is 5.75 Å². The van der Waals surface area contributed by atoms with Gasteiger partial charge in [-0.25, -0.2) is 4.79 Å². The van der Waals surface area contributed by atoms with Gasteiger partial charge >= 0.3 is 5.97 Å². The summed E-state index contributed by atoms with van der Waals surface area (Å²) in [6.07, 6.45) is 0.669. The van der Waals surface area contributed by atoms with E-state index in [1.54, 1.807) is 20.1 Å². The number of benzene rings is 1. The van der Waals surface area contributed by atoms with E-state index in [0.29, 0.717) is 25.4 Å². The van der Waals surface area contributed by atoms with Crippen molar-refractivity contribution in [2.24, 2.45) is 10.2 Å². The van der Waals surface area contributed by atoms with Crippen LogP contribution < -0.4 is 4.74 Å². The van der Waals surface area contributed by atoms with E-state index in [9.17, 15) is 14.9 Å². The minimum Gasteiger partial charge on any atom is -0.493 e. The zero-order valence-electron chi connectivity index (χ0n) is 13.9. The second kappa shape index (κ2) is 10.3. The molecule has 1 unspecified atom stereocenters. The molecule has 24 heavy (non-hydrogen) atoms. The van der Waals surface area contributed by atoms with Crippen LogP contribution in [-0.2, 0) is 14.3 Å². The summed E-state index contributed by atoms with van der Waals surface area (Å²) in [5, 5.41) is 18.7. The summed E-state index contributed by atoms with van der Waals surface area (Å²) in [5.74, 6) is -0.183. The van der Waals surface area contributed by atoms with Crippen LogP contribution >= 0.6 is 0 Å². The summed E-state index contributed by atoms with van der Waals surface area (Å²) in [4.78, 5) is 22.1. The molecule has 9 heteroatoms. The third-order valence-corrected chi connectivity index (χ3v) is 2.87. The summed E-state index contributed by atoms with van der Waals surface area (Å²) in [6.45, 7) is 4.33. The molecule has 0 radical (unpaired) electrons. The van der Waals surface area contributed by atoms with Gasteiger partial charge in [0.2, 0.25) is 0 Å². The number of carbonyl (C=O) groups excluding carboxylic acids is 1. The molecule has 9 nitrogen and oxygen atoms in total. The summed E-state index contributed by atoms with van der Waals surface area (Å²) >= 11 is 0. The molecule has 0 heterocycles. The summed E-state index contributed by atoms with van der Waals surface area (Å²) in [5.41, 5.74) is -0.209. The minimum atomic E-state index is -0.838. The minimum absolute atomic E-state index is 0.0420. The molecule has 1 aromatic carbocycles. The van der Waals surface area contributed by atoms with Crippen LogP contribution in [0.1, 0.15) is 20.3 Å².